The highest BCUT2D eigenvalue weighted by molar-refractivity contribution is 5.76. The molecule has 6 heteroatoms. The highest BCUT2D eigenvalue weighted by Crippen LogP contribution is 2.17. The summed E-state index contributed by atoms with van der Waals surface area (Å²) in [6.07, 6.45) is 72.2. The van der Waals surface area contributed by atoms with Crippen LogP contribution in [0.3, 0.4) is 0 Å². The Balaban J connectivity index is 3.37. The number of aliphatic hydroxyl groups is 2. The monoisotopic (exact) mass is 972 g/mol. The van der Waals surface area contributed by atoms with Crippen molar-refractivity contribution in [2.24, 2.45) is 0 Å². The Kier molecular flexibility index (Phi) is 57.5. The number of allylic oxidation sites excluding steroid dienone is 3. The van der Waals surface area contributed by atoms with Crippen molar-refractivity contribution < 1.29 is 24.5 Å². The smallest absolute Gasteiger partial charge is 0.305 e. The quantitative estimate of drug-likeness (QED) is 0.0321. The summed E-state index contributed by atoms with van der Waals surface area (Å²) in [4.78, 5) is 24.5. The van der Waals surface area contributed by atoms with Crippen molar-refractivity contribution in [1.29, 1.82) is 0 Å². The van der Waals surface area contributed by atoms with E-state index in [4.69, 9.17) is 4.74 Å². The van der Waals surface area contributed by atoms with Crippen LogP contribution in [0.4, 0.5) is 0 Å². The minimum atomic E-state index is -0.843. The molecule has 1 amide bonds. The van der Waals surface area contributed by atoms with Crippen molar-refractivity contribution in [2.45, 2.75) is 353 Å². The minimum absolute atomic E-state index is 0.0101. The summed E-state index contributed by atoms with van der Waals surface area (Å²) in [5.74, 6) is -0.0578. The van der Waals surface area contributed by atoms with Gasteiger partial charge in [-0.2, -0.15) is 0 Å². The fraction of sp³-hybridized carbons (Fsp3) is 0.905. The van der Waals surface area contributed by atoms with Crippen LogP contribution in [-0.2, 0) is 14.3 Å². The summed E-state index contributed by atoms with van der Waals surface area (Å²) in [6, 6.07) is -0.627. The SMILES string of the molecule is CCCCCCCCC/C=C\CCCCCCCCCC(=O)OCCCCCCCCCCCCCCCCCCCCCCCCC(=O)NC(CO)C(O)/C=C/CCCCCCCCCCCC. The number of esters is 1. The third kappa shape index (κ3) is 55.5. The molecule has 0 radical (unpaired) electrons. The molecule has 0 aliphatic rings. The first-order valence-electron chi connectivity index (χ1n) is 31.1. The third-order valence-corrected chi connectivity index (χ3v) is 14.5. The van der Waals surface area contributed by atoms with Crippen LogP contribution in [0, 0.1) is 0 Å². The highest BCUT2D eigenvalue weighted by Gasteiger charge is 2.18. The maximum atomic E-state index is 12.4. The first kappa shape index (κ1) is 67.3. The van der Waals surface area contributed by atoms with Gasteiger partial charge in [0.25, 0.3) is 0 Å². The van der Waals surface area contributed by atoms with E-state index in [2.05, 4.69) is 31.3 Å². The van der Waals surface area contributed by atoms with Crippen molar-refractivity contribution in [1.82, 2.24) is 5.32 Å². The van der Waals surface area contributed by atoms with Crippen LogP contribution in [0.2, 0.25) is 0 Å². The van der Waals surface area contributed by atoms with Crippen molar-refractivity contribution in [2.75, 3.05) is 13.2 Å². The lowest BCUT2D eigenvalue weighted by Gasteiger charge is -2.20. The second-order valence-corrected chi connectivity index (χ2v) is 21.4. The van der Waals surface area contributed by atoms with Gasteiger partial charge in [-0.3, -0.25) is 9.59 Å². The van der Waals surface area contributed by atoms with Crippen molar-refractivity contribution >= 4 is 11.9 Å². The maximum absolute atomic E-state index is 12.4. The average molecular weight is 973 g/mol. The zero-order valence-corrected chi connectivity index (χ0v) is 46.6. The van der Waals surface area contributed by atoms with Gasteiger partial charge in [0.05, 0.1) is 25.4 Å². The first-order valence-corrected chi connectivity index (χ1v) is 31.1. The van der Waals surface area contributed by atoms with Crippen LogP contribution in [0.25, 0.3) is 0 Å². The fourth-order valence-corrected chi connectivity index (χ4v) is 9.69. The van der Waals surface area contributed by atoms with E-state index >= 15 is 0 Å². The molecule has 0 saturated heterocycles. The summed E-state index contributed by atoms with van der Waals surface area (Å²) in [5, 5.41) is 23.1. The van der Waals surface area contributed by atoms with Gasteiger partial charge in [0.15, 0.2) is 0 Å². The number of hydrogen-bond acceptors (Lipinski definition) is 5. The molecule has 0 aliphatic carbocycles. The zero-order valence-electron chi connectivity index (χ0n) is 46.6. The number of rotatable bonds is 58. The Morgan fingerprint density at radius 3 is 1.03 bits per heavy atom. The lowest BCUT2D eigenvalue weighted by atomic mass is 10.0. The maximum Gasteiger partial charge on any atom is 0.305 e. The highest BCUT2D eigenvalue weighted by atomic mass is 16.5. The number of nitrogens with one attached hydrogen (secondary N) is 1. The number of aliphatic hydroxyl groups excluding tert-OH is 2. The van der Waals surface area contributed by atoms with Crippen LogP contribution in [0.15, 0.2) is 24.3 Å². The Morgan fingerprint density at radius 2 is 0.681 bits per heavy atom. The van der Waals surface area contributed by atoms with Crippen molar-refractivity contribution in [3.8, 4) is 0 Å². The number of amides is 1. The lowest BCUT2D eigenvalue weighted by Crippen LogP contribution is -2.45. The molecule has 0 aliphatic heterocycles. The molecule has 0 saturated carbocycles. The molecule has 0 rings (SSSR count). The lowest BCUT2D eigenvalue weighted by molar-refractivity contribution is -0.143. The van der Waals surface area contributed by atoms with Gasteiger partial charge in [0.2, 0.25) is 5.91 Å². The Bertz CT molecular complexity index is 1080. The van der Waals surface area contributed by atoms with E-state index < -0.39 is 12.1 Å². The van der Waals surface area contributed by atoms with Gasteiger partial charge in [-0.05, 0) is 57.8 Å². The van der Waals surface area contributed by atoms with E-state index in [0.29, 0.717) is 19.4 Å². The van der Waals surface area contributed by atoms with Crippen molar-refractivity contribution in [3.05, 3.63) is 24.3 Å². The summed E-state index contributed by atoms with van der Waals surface area (Å²) in [6.45, 7) is 4.91. The number of ether oxygens (including phenoxy) is 1. The molecule has 2 atom stereocenters. The number of hydrogen-bond donors (Lipinski definition) is 3. The summed E-state index contributed by atoms with van der Waals surface area (Å²) < 4.78 is 5.50. The molecular formula is C63H121NO5. The molecule has 6 nitrogen and oxygen atoms in total. The average Bonchev–Trinajstić information content (AvgIpc) is 3.35. The Hall–Kier alpha value is -1.66. The third-order valence-electron chi connectivity index (χ3n) is 14.5. The van der Waals surface area contributed by atoms with Gasteiger partial charge in [0.1, 0.15) is 0 Å². The first-order chi connectivity index (χ1) is 34.0. The molecular weight excluding hydrogens is 851 g/mol. The number of unbranched alkanes of at least 4 members (excludes halogenated alkanes) is 45. The van der Waals surface area contributed by atoms with Crippen LogP contribution >= 0.6 is 0 Å². The van der Waals surface area contributed by atoms with Crippen LogP contribution in [0.5, 0.6) is 0 Å². The number of carbonyl (C=O) groups is 2. The van der Waals surface area contributed by atoms with Gasteiger partial charge in [-0.1, -0.05) is 295 Å². The molecule has 0 spiro atoms. The Labute approximate surface area is 431 Å². The molecule has 0 bridgehead atoms. The molecule has 2 unspecified atom stereocenters. The van der Waals surface area contributed by atoms with E-state index in [9.17, 15) is 19.8 Å². The Morgan fingerprint density at radius 1 is 0.391 bits per heavy atom. The minimum Gasteiger partial charge on any atom is -0.466 e. The molecule has 0 heterocycles. The fourth-order valence-electron chi connectivity index (χ4n) is 9.69. The molecule has 3 N–H and O–H groups in total. The van der Waals surface area contributed by atoms with Crippen LogP contribution in [0.1, 0.15) is 341 Å². The molecule has 0 aromatic carbocycles. The van der Waals surface area contributed by atoms with Gasteiger partial charge < -0.3 is 20.3 Å². The standard InChI is InChI=1S/C63H121NO5/c1-3-5-7-9-11-13-15-17-18-19-27-30-33-37-41-45-49-53-57-63(68)69-58-54-50-46-42-38-34-31-28-25-23-21-20-22-24-26-29-32-36-40-44-48-52-56-62(67)64-60(59-65)61(66)55-51-47-43-39-35-16-14-12-10-8-6-4-2/h18-19,51,55,60-61,65-66H,3-17,20-50,52-54,56-59H2,1-2H3,(H,64,67)/b19-18-,55-51+. The summed E-state index contributed by atoms with van der Waals surface area (Å²) in [7, 11) is 0. The van der Waals surface area contributed by atoms with E-state index in [-0.39, 0.29) is 18.5 Å². The normalized spacial score (nSPS) is 12.7. The molecule has 0 fully saturated rings. The van der Waals surface area contributed by atoms with E-state index in [1.54, 1.807) is 6.08 Å². The molecule has 69 heavy (non-hydrogen) atoms. The largest absolute Gasteiger partial charge is 0.466 e. The predicted octanol–water partition coefficient (Wildman–Crippen LogP) is 19.4. The van der Waals surface area contributed by atoms with Gasteiger partial charge in [0, 0.05) is 12.8 Å². The zero-order chi connectivity index (χ0) is 50.0. The summed E-state index contributed by atoms with van der Waals surface area (Å²) >= 11 is 0. The van der Waals surface area contributed by atoms with E-state index in [1.165, 1.54) is 270 Å². The molecule has 0 aromatic heterocycles. The second kappa shape index (κ2) is 58.9. The second-order valence-electron chi connectivity index (χ2n) is 21.4. The van der Waals surface area contributed by atoms with E-state index in [0.717, 1.165) is 44.9 Å². The van der Waals surface area contributed by atoms with Gasteiger partial charge >= 0.3 is 5.97 Å². The topological polar surface area (TPSA) is 95.9 Å². The summed E-state index contributed by atoms with van der Waals surface area (Å²) in [5.41, 5.74) is 0. The van der Waals surface area contributed by atoms with Gasteiger partial charge in [-0.25, -0.2) is 0 Å². The predicted molar refractivity (Wildman–Crippen MR) is 301 cm³/mol. The van der Waals surface area contributed by atoms with E-state index in [1.807, 2.05) is 6.08 Å². The van der Waals surface area contributed by atoms with Crippen LogP contribution < -0.4 is 5.32 Å². The molecule has 0 aromatic rings. The van der Waals surface area contributed by atoms with Crippen LogP contribution in [-0.4, -0.2) is 47.4 Å². The molecule has 408 valence electrons. The number of carbonyl (C=O) groups excluding carboxylic acids is 2. The van der Waals surface area contributed by atoms with Crippen molar-refractivity contribution in [3.63, 3.8) is 0 Å². The van der Waals surface area contributed by atoms with Gasteiger partial charge in [-0.15, -0.1) is 0 Å².